The number of Topliss-reactive ketones (excluding diaryl/α,β-unsaturated/α-hetero) is 1. The fourth-order valence-corrected chi connectivity index (χ4v) is 8.61. The second-order valence-electron chi connectivity index (χ2n) is 12.9. The van der Waals surface area contributed by atoms with E-state index in [1.54, 1.807) is 18.1 Å². The first-order valence-corrected chi connectivity index (χ1v) is 13.1. The third kappa shape index (κ3) is 3.43. The Morgan fingerprint density at radius 3 is 2.52 bits per heavy atom. The van der Waals surface area contributed by atoms with Crippen molar-refractivity contribution in [2.45, 2.75) is 99.8 Å². The minimum atomic E-state index is -0.809. The number of carbonyl (C=O) groups excluding carboxylic acids is 1. The Kier molecular flexibility index (Phi) is 5.90. The molecule has 0 unspecified atom stereocenters. The van der Waals surface area contributed by atoms with E-state index in [1.165, 1.54) is 12.8 Å². The zero-order chi connectivity index (χ0) is 24.4. The largest absolute Gasteiger partial charge is 0.478 e. The molecule has 0 heterocycles. The summed E-state index contributed by atoms with van der Waals surface area (Å²) in [4.78, 5) is 23.9. The van der Waals surface area contributed by atoms with Crippen LogP contribution in [0.3, 0.4) is 0 Å². The highest BCUT2D eigenvalue weighted by Crippen LogP contribution is 2.71. The van der Waals surface area contributed by atoms with E-state index in [4.69, 9.17) is 5.11 Å². The molecule has 1 N–H and O–H groups in total. The highest BCUT2D eigenvalue weighted by atomic mass is 16.4. The van der Waals surface area contributed by atoms with Gasteiger partial charge in [-0.1, -0.05) is 59.8 Å². The minimum absolute atomic E-state index is 0.106. The van der Waals surface area contributed by atoms with Crippen LogP contribution in [0.5, 0.6) is 0 Å². The standard InChI is InChI=1S/C30H44O3/c1-19(9-8-10-20(2)26(32)33)21-13-17-30(7)23-11-12-24-27(3,4)25(31)15-16-28(24,5)22(23)14-18-29(21,30)6/h10-11,14,19,21,24H,8-9,12-13,15-18H2,1-7H3,(H,32,33)/b20-10-/t19-,21-,24-,28-,29-,30+/m1/s1. The van der Waals surface area contributed by atoms with Crippen molar-refractivity contribution in [3.8, 4) is 0 Å². The van der Waals surface area contributed by atoms with Crippen molar-refractivity contribution in [3.05, 3.63) is 34.9 Å². The van der Waals surface area contributed by atoms with E-state index in [2.05, 4.69) is 53.7 Å². The van der Waals surface area contributed by atoms with Crippen molar-refractivity contribution >= 4 is 11.8 Å². The first-order valence-electron chi connectivity index (χ1n) is 13.1. The molecule has 6 atom stereocenters. The Morgan fingerprint density at radius 1 is 1.15 bits per heavy atom. The number of aliphatic carboxylic acids is 1. The van der Waals surface area contributed by atoms with Crippen LogP contribution in [0, 0.1) is 39.4 Å². The fraction of sp³-hybridized carbons (Fsp3) is 0.733. The predicted molar refractivity (Wildman–Crippen MR) is 134 cm³/mol. The van der Waals surface area contributed by atoms with Crippen LogP contribution in [0.2, 0.25) is 0 Å². The van der Waals surface area contributed by atoms with Crippen LogP contribution >= 0.6 is 0 Å². The molecule has 0 amide bonds. The summed E-state index contributed by atoms with van der Waals surface area (Å²) in [7, 11) is 0. The van der Waals surface area contributed by atoms with Gasteiger partial charge in [0.2, 0.25) is 0 Å². The number of hydrogen-bond donors (Lipinski definition) is 1. The molecule has 0 aliphatic heterocycles. The molecule has 4 aliphatic rings. The summed E-state index contributed by atoms with van der Waals surface area (Å²) in [5, 5.41) is 9.15. The van der Waals surface area contributed by atoms with Crippen molar-refractivity contribution in [1.29, 1.82) is 0 Å². The zero-order valence-corrected chi connectivity index (χ0v) is 21.9. The summed E-state index contributed by atoms with van der Waals surface area (Å²) in [5.74, 6) is 1.25. The van der Waals surface area contributed by atoms with Crippen molar-refractivity contribution in [2.75, 3.05) is 0 Å². The van der Waals surface area contributed by atoms with E-state index >= 15 is 0 Å². The first-order chi connectivity index (χ1) is 15.3. The lowest BCUT2D eigenvalue weighted by Gasteiger charge is -2.59. The molecule has 0 bridgehead atoms. The Bertz CT molecular complexity index is 950. The van der Waals surface area contributed by atoms with E-state index in [-0.39, 0.29) is 21.7 Å². The molecule has 4 aliphatic carbocycles. The maximum absolute atomic E-state index is 12.8. The second kappa shape index (κ2) is 7.95. The molecule has 0 aromatic rings. The number of hydrogen-bond acceptors (Lipinski definition) is 2. The molecule has 0 radical (unpaired) electrons. The Morgan fingerprint density at radius 2 is 1.85 bits per heavy atom. The van der Waals surface area contributed by atoms with Crippen molar-refractivity contribution in [2.24, 2.45) is 39.4 Å². The average molecular weight is 453 g/mol. The van der Waals surface area contributed by atoms with Crippen molar-refractivity contribution < 1.29 is 14.7 Å². The maximum atomic E-state index is 12.8. The molecule has 3 nitrogen and oxygen atoms in total. The lowest BCUT2D eigenvalue weighted by Crippen LogP contribution is -2.53. The number of fused-ring (bicyclic) bond motifs is 5. The Hall–Kier alpha value is -1.64. The molecule has 0 aromatic carbocycles. The topological polar surface area (TPSA) is 54.4 Å². The number of rotatable bonds is 5. The number of carbonyl (C=O) groups is 2. The first kappa shape index (κ1) is 24.5. The fourth-order valence-electron chi connectivity index (χ4n) is 8.61. The second-order valence-corrected chi connectivity index (χ2v) is 12.9. The van der Waals surface area contributed by atoms with Crippen molar-refractivity contribution in [1.82, 2.24) is 0 Å². The van der Waals surface area contributed by atoms with Gasteiger partial charge >= 0.3 is 5.97 Å². The van der Waals surface area contributed by atoms with Crippen LogP contribution < -0.4 is 0 Å². The molecular weight excluding hydrogens is 408 g/mol. The van der Waals surface area contributed by atoms with E-state index in [0.717, 1.165) is 32.1 Å². The van der Waals surface area contributed by atoms with Gasteiger partial charge in [0.15, 0.2) is 0 Å². The van der Waals surface area contributed by atoms with Gasteiger partial charge in [0.05, 0.1) is 0 Å². The maximum Gasteiger partial charge on any atom is 0.330 e. The SMILES string of the molecule is C/C(=C/CC[C@@H](C)[C@H]1CC[C@@]2(C)C3=CC[C@@H]4C(C)(C)C(=O)CC[C@]4(C)C3=CC[C@]12C)C(=O)O. The van der Waals surface area contributed by atoms with Gasteiger partial charge in [0.25, 0.3) is 0 Å². The van der Waals surface area contributed by atoms with Crippen LogP contribution in [0.25, 0.3) is 0 Å². The highest BCUT2D eigenvalue weighted by molar-refractivity contribution is 5.86. The van der Waals surface area contributed by atoms with Crippen LogP contribution in [0.4, 0.5) is 0 Å². The zero-order valence-electron chi connectivity index (χ0n) is 21.9. The van der Waals surface area contributed by atoms with Gasteiger partial charge in [-0.15, -0.1) is 0 Å². The van der Waals surface area contributed by atoms with E-state index in [9.17, 15) is 9.59 Å². The monoisotopic (exact) mass is 452 g/mol. The van der Waals surface area contributed by atoms with Crippen LogP contribution in [-0.2, 0) is 9.59 Å². The lowest BCUT2D eigenvalue weighted by molar-refractivity contribution is -0.138. The molecular formula is C30H44O3. The number of carboxylic acids is 1. The third-order valence-corrected chi connectivity index (χ3v) is 11.1. The summed E-state index contributed by atoms with van der Waals surface area (Å²) in [6.45, 7) is 15.9. The third-order valence-electron chi connectivity index (χ3n) is 11.1. The minimum Gasteiger partial charge on any atom is -0.478 e. The van der Waals surface area contributed by atoms with E-state index in [0.29, 0.717) is 35.5 Å². The number of ketones is 1. The van der Waals surface area contributed by atoms with E-state index in [1.807, 2.05) is 6.08 Å². The molecule has 0 spiro atoms. The van der Waals surface area contributed by atoms with Gasteiger partial charge in [-0.25, -0.2) is 4.79 Å². The molecule has 4 rings (SSSR count). The van der Waals surface area contributed by atoms with Gasteiger partial charge < -0.3 is 5.11 Å². The molecule has 33 heavy (non-hydrogen) atoms. The predicted octanol–water partition coefficient (Wildman–Crippen LogP) is 7.53. The average Bonchev–Trinajstić information content (AvgIpc) is 3.02. The van der Waals surface area contributed by atoms with Crippen molar-refractivity contribution in [3.63, 3.8) is 0 Å². The van der Waals surface area contributed by atoms with Gasteiger partial charge in [0, 0.05) is 17.4 Å². The molecule has 0 aromatic heterocycles. The number of allylic oxidation sites excluding steroid dienone is 5. The van der Waals surface area contributed by atoms with Gasteiger partial charge in [0.1, 0.15) is 5.78 Å². The Balaban J connectivity index is 1.62. The van der Waals surface area contributed by atoms with Crippen LogP contribution in [-0.4, -0.2) is 16.9 Å². The molecule has 2 saturated carbocycles. The van der Waals surface area contributed by atoms with Gasteiger partial charge in [-0.3, -0.25) is 4.79 Å². The van der Waals surface area contributed by atoms with E-state index < -0.39 is 5.97 Å². The highest BCUT2D eigenvalue weighted by Gasteiger charge is 2.63. The normalized spacial score (nSPS) is 40.8. The summed E-state index contributed by atoms with van der Waals surface area (Å²) in [6.07, 6.45) is 15.2. The van der Waals surface area contributed by atoms with Gasteiger partial charge in [-0.05, 0) is 97.0 Å². The van der Waals surface area contributed by atoms with Crippen LogP contribution in [0.15, 0.2) is 34.9 Å². The summed E-state index contributed by atoms with van der Waals surface area (Å²) < 4.78 is 0. The van der Waals surface area contributed by atoms with Crippen LogP contribution in [0.1, 0.15) is 99.8 Å². The Labute approximate surface area is 200 Å². The molecule has 0 saturated heterocycles. The summed E-state index contributed by atoms with van der Waals surface area (Å²) >= 11 is 0. The van der Waals surface area contributed by atoms with Gasteiger partial charge in [-0.2, -0.15) is 0 Å². The summed E-state index contributed by atoms with van der Waals surface area (Å²) in [5.41, 5.74) is 3.89. The molecule has 2 fully saturated rings. The molecule has 182 valence electrons. The number of carboxylic acid groups (broad SMARTS) is 1. The lowest BCUT2D eigenvalue weighted by atomic mass is 9.44. The molecule has 3 heteroatoms. The quantitative estimate of drug-likeness (QED) is 0.439. The smallest absolute Gasteiger partial charge is 0.330 e. The summed E-state index contributed by atoms with van der Waals surface area (Å²) in [6, 6.07) is 0.